The van der Waals surface area contributed by atoms with Gasteiger partial charge >= 0.3 is 5.97 Å². The molecule has 1 aliphatic carbocycles. The lowest BCUT2D eigenvalue weighted by atomic mass is 10.1. The van der Waals surface area contributed by atoms with Crippen molar-refractivity contribution < 1.29 is 9.90 Å². The Bertz CT molecular complexity index is 178. The van der Waals surface area contributed by atoms with Crippen LogP contribution in [0.4, 0.5) is 0 Å². The largest absolute Gasteiger partial charge is 0.481 e. The lowest BCUT2D eigenvalue weighted by Crippen LogP contribution is -2.27. The smallest absolute Gasteiger partial charge is 0.303 e. The van der Waals surface area contributed by atoms with Crippen LogP contribution in [-0.4, -0.2) is 23.7 Å². The van der Waals surface area contributed by atoms with Gasteiger partial charge in [0.2, 0.25) is 0 Å². The van der Waals surface area contributed by atoms with Crippen LogP contribution < -0.4 is 5.32 Å². The third-order valence-corrected chi connectivity index (χ3v) is 2.69. The molecule has 14 heavy (non-hydrogen) atoms. The number of unbranched alkanes of at least 4 members (excludes halogenated alkanes) is 1. The number of nitrogens with one attached hydrogen (secondary N) is 1. The summed E-state index contributed by atoms with van der Waals surface area (Å²) in [6.45, 7) is 3.18. The number of carbonyl (C=O) groups is 1. The molecule has 0 radical (unpaired) electrons. The first-order valence-corrected chi connectivity index (χ1v) is 5.63. The molecule has 0 saturated heterocycles. The molecule has 82 valence electrons. The van der Waals surface area contributed by atoms with E-state index < -0.39 is 5.97 Å². The van der Waals surface area contributed by atoms with Crippen LogP contribution in [0, 0.1) is 5.92 Å². The van der Waals surface area contributed by atoms with Crippen LogP contribution in [0.25, 0.3) is 0 Å². The van der Waals surface area contributed by atoms with E-state index in [1.54, 1.807) is 0 Å². The minimum absolute atomic E-state index is 0.304. The van der Waals surface area contributed by atoms with Gasteiger partial charge in [-0.25, -0.2) is 0 Å². The van der Waals surface area contributed by atoms with Crippen molar-refractivity contribution in [1.82, 2.24) is 5.32 Å². The highest BCUT2D eigenvalue weighted by Gasteiger charge is 2.22. The Hall–Kier alpha value is -0.570. The summed E-state index contributed by atoms with van der Waals surface area (Å²) in [6.07, 6.45) is 6.17. The normalized spacial score (nSPS) is 18.1. The standard InChI is InChI=1S/C11H21NO2/c1-9(8-10-5-6-10)12-7-3-2-4-11(13)14/h9-10,12H,2-8H2,1H3,(H,13,14). The number of carboxylic acids is 1. The Balaban J connectivity index is 1.84. The van der Waals surface area contributed by atoms with Crippen LogP contribution >= 0.6 is 0 Å². The fourth-order valence-electron chi connectivity index (χ4n) is 1.69. The van der Waals surface area contributed by atoms with Crippen LogP contribution in [0.1, 0.15) is 45.4 Å². The molecule has 0 aromatic rings. The van der Waals surface area contributed by atoms with E-state index >= 15 is 0 Å². The van der Waals surface area contributed by atoms with Gasteiger partial charge in [0.05, 0.1) is 0 Å². The van der Waals surface area contributed by atoms with Crippen molar-refractivity contribution in [1.29, 1.82) is 0 Å². The van der Waals surface area contributed by atoms with Crippen LogP contribution in [0.3, 0.4) is 0 Å². The maximum absolute atomic E-state index is 10.2. The first kappa shape index (κ1) is 11.5. The summed E-state index contributed by atoms with van der Waals surface area (Å²) in [5.41, 5.74) is 0. The molecule has 0 aliphatic heterocycles. The molecular weight excluding hydrogens is 178 g/mol. The summed E-state index contributed by atoms with van der Waals surface area (Å²) in [4.78, 5) is 10.2. The SMILES string of the molecule is CC(CC1CC1)NCCCCC(=O)O. The molecule has 0 aromatic carbocycles. The summed E-state index contributed by atoms with van der Waals surface area (Å²) >= 11 is 0. The van der Waals surface area contributed by atoms with E-state index in [2.05, 4.69) is 12.2 Å². The molecule has 0 spiro atoms. The number of hydrogen-bond acceptors (Lipinski definition) is 2. The van der Waals surface area contributed by atoms with Crippen molar-refractivity contribution in [2.24, 2.45) is 5.92 Å². The fraction of sp³-hybridized carbons (Fsp3) is 0.909. The van der Waals surface area contributed by atoms with E-state index in [4.69, 9.17) is 5.11 Å². The number of carboxylic acid groups (broad SMARTS) is 1. The van der Waals surface area contributed by atoms with Crippen LogP contribution in [0.15, 0.2) is 0 Å². The highest BCUT2D eigenvalue weighted by Crippen LogP contribution is 2.33. The van der Waals surface area contributed by atoms with Gasteiger partial charge in [-0.05, 0) is 38.6 Å². The highest BCUT2D eigenvalue weighted by atomic mass is 16.4. The van der Waals surface area contributed by atoms with Gasteiger partial charge in [-0.1, -0.05) is 12.8 Å². The van der Waals surface area contributed by atoms with Gasteiger partial charge in [0, 0.05) is 12.5 Å². The maximum atomic E-state index is 10.2. The minimum atomic E-state index is -0.684. The maximum Gasteiger partial charge on any atom is 0.303 e. The van der Waals surface area contributed by atoms with Crippen LogP contribution in [0.2, 0.25) is 0 Å². The Morgan fingerprint density at radius 3 is 2.79 bits per heavy atom. The van der Waals surface area contributed by atoms with Crippen molar-refractivity contribution in [3.8, 4) is 0 Å². The van der Waals surface area contributed by atoms with Gasteiger partial charge in [-0.2, -0.15) is 0 Å². The van der Waals surface area contributed by atoms with Gasteiger partial charge in [0.25, 0.3) is 0 Å². The molecule has 0 bridgehead atoms. The second kappa shape index (κ2) is 6.02. The molecule has 0 heterocycles. The van der Waals surface area contributed by atoms with E-state index in [0.717, 1.165) is 25.3 Å². The zero-order valence-corrected chi connectivity index (χ0v) is 8.96. The zero-order valence-electron chi connectivity index (χ0n) is 8.96. The molecule has 1 atom stereocenters. The molecule has 1 saturated carbocycles. The average molecular weight is 199 g/mol. The van der Waals surface area contributed by atoms with E-state index in [1.165, 1.54) is 19.3 Å². The van der Waals surface area contributed by atoms with Crippen molar-refractivity contribution in [2.45, 2.75) is 51.5 Å². The lowest BCUT2D eigenvalue weighted by molar-refractivity contribution is -0.137. The van der Waals surface area contributed by atoms with E-state index in [9.17, 15) is 4.79 Å². The van der Waals surface area contributed by atoms with E-state index in [1.807, 2.05) is 0 Å². The highest BCUT2D eigenvalue weighted by molar-refractivity contribution is 5.66. The van der Waals surface area contributed by atoms with Gasteiger partial charge in [-0.15, -0.1) is 0 Å². The number of aliphatic carboxylic acids is 1. The van der Waals surface area contributed by atoms with Gasteiger partial charge in [0.15, 0.2) is 0 Å². The molecule has 2 N–H and O–H groups in total. The quantitative estimate of drug-likeness (QED) is 0.588. The average Bonchev–Trinajstić information content (AvgIpc) is 2.87. The second-order valence-electron chi connectivity index (χ2n) is 4.39. The fourth-order valence-corrected chi connectivity index (χ4v) is 1.69. The lowest BCUT2D eigenvalue weighted by Gasteiger charge is -2.12. The predicted molar refractivity (Wildman–Crippen MR) is 56.3 cm³/mol. The molecular formula is C11H21NO2. The van der Waals surface area contributed by atoms with Crippen molar-refractivity contribution in [2.75, 3.05) is 6.54 Å². The summed E-state index contributed by atoms with van der Waals surface area (Å²) in [5.74, 6) is 0.285. The van der Waals surface area contributed by atoms with E-state index in [0.29, 0.717) is 12.5 Å². The molecule has 0 aromatic heterocycles. The predicted octanol–water partition coefficient (Wildman–Crippen LogP) is 2.02. The van der Waals surface area contributed by atoms with Crippen molar-refractivity contribution in [3.63, 3.8) is 0 Å². The van der Waals surface area contributed by atoms with Crippen LogP contribution in [0.5, 0.6) is 0 Å². The van der Waals surface area contributed by atoms with E-state index in [-0.39, 0.29) is 0 Å². The third-order valence-electron chi connectivity index (χ3n) is 2.69. The third kappa shape index (κ3) is 5.97. The van der Waals surface area contributed by atoms with Gasteiger partial charge in [-0.3, -0.25) is 4.79 Å². The molecule has 3 heteroatoms. The van der Waals surface area contributed by atoms with Crippen molar-refractivity contribution in [3.05, 3.63) is 0 Å². The van der Waals surface area contributed by atoms with Crippen molar-refractivity contribution >= 4 is 5.97 Å². The molecule has 1 aliphatic rings. The molecule has 3 nitrogen and oxygen atoms in total. The summed E-state index contributed by atoms with van der Waals surface area (Å²) in [7, 11) is 0. The topological polar surface area (TPSA) is 49.3 Å². The molecule has 0 amide bonds. The Labute approximate surface area is 85.9 Å². The monoisotopic (exact) mass is 199 g/mol. The first-order valence-electron chi connectivity index (χ1n) is 5.63. The molecule has 1 rings (SSSR count). The first-order chi connectivity index (χ1) is 6.68. The Morgan fingerprint density at radius 1 is 1.50 bits per heavy atom. The summed E-state index contributed by atoms with van der Waals surface area (Å²) in [5, 5.41) is 11.9. The zero-order chi connectivity index (χ0) is 10.4. The minimum Gasteiger partial charge on any atom is -0.481 e. The van der Waals surface area contributed by atoms with Gasteiger partial charge < -0.3 is 10.4 Å². The molecule has 1 unspecified atom stereocenters. The number of hydrogen-bond donors (Lipinski definition) is 2. The second-order valence-corrected chi connectivity index (χ2v) is 4.39. The molecule has 1 fully saturated rings. The van der Waals surface area contributed by atoms with Crippen LogP contribution in [-0.2, 0) is 4.79 Å². The Morgan fingerprint density at radius 2 is 2.21 bits per heavy atom. The summed E-state index contributed by atoms with van der Waals surface area (Å²) in [6, 6.07) is 0.604. The van der Waals surface area contributed by atoms with Gasteiger partial charge in [0.1, 0.15) is 0 Å². The summed E-state index contributed by atoms with van der Waals surface area (Å²) < 4.78 is 0. The number of rotatable bonds is 8. The Kier molecular flexibility index (Phi) is 4.94.